The van der Waals surface area contributed by atoms with E-state index >= 15 is 4.39 Å². The zero-order chi connectivity index (χ0) is 25.4. The van der Waals surface area contributed by atoms with Gasteiger partial charge in [-0.05, 0) is 12.1 Å². The lowest BCUT2D eigenvalue weighted by molar-refractivity contribution is -0.0286. The molecule has 1 aliphatic rings. The van der Waals surface area contributed by atoms with Crippen molar-refractivity contribution in [2.75, 3.05) is 32.3 Å². The van der Waals surface area contributed by atoms with Crippen molar-refractivity contribution in [3.05, 3.63) is 66.9 Å². The summed E-state index contributed by atoms with van der Waals surface area (Å²) < 4.78 is 33.3. The minimum absolute atomic E-state index is 0.0514. The predicted octanol–water partition coefficient (Wildman–Crippen LogP) is 3.68. The summed E-state index contributed by atoms with van der Waals surface area (Å²) in [5.74, 6) is 1.01. The van der Waals surface area contributed by atoms with Gasteiger partial charge in [-0.15, -0.1) is 0 Å². The van der Waals surface area contributed by atoms with E-state index in [9.17, 15) is 0 Å². The molecule has 6 rings (SSSR count). The quantitative estimate of drug-likeness (QED) is 0.339. The summed E-state index contributed by atoms with van der Waals surface area (Å²) in [7, 11) is 2.92. The number of methoxy groups -OCH3 is 2. The van der Waals surface area contributed by atoms with Crippen molar-refractivity contribution in [2.24, 2.45) is 0 Å². The van der Waals surface area contributed by atoms with E-state index in [1.54, 1.807) is 47.9 Å². The van der Waals surface area contributed by atoms with Crippen LogP contribution in [0.5, 0.6) is 11.5 Å². The lowest BCUT2D eigenvalue weighted by Gasteiger charge is -2.25. The third kappa shape index (κ3) is 4.31. The number of rotatable bonds is 8. The van der Waals surface area contributed by atoms with Crippen molar-refractivity contribution in [1.82, 2.24) is 34.7 Å². The van der Waals surface area contributed by atoms with Gasteiger partial charge >= 0.3 is 0 Å². The Morgan fingerprint density at radius 2 is 2.03 bits per heavy atom. The number of anilines is 2. The summed E-state index contributed by atoms with van der Waals surface area (Å²) >= 11 is 0. The Balaban J connectivity index is 1.43. The van der Waals surface area contributed by atoms with Crippen molar-refractivity contribution in [2.45, 2.75) is 12.6 Å². The number of imidazole rings is 1. The molecular weight excluding hydrogens is 479 g/mol. The molecule has 1 N–H and O–H groups in total. The molecular formula is C25H23FN8O3. The normalized spacial score (nSPS) is 13.5. The van der Waals surface area contributed by atoms with Crippen LogP contribution in [0.4, 0.5) is 15.9 Å². The number of H-pyrrole nitrogens is 1. The number of benzene rings is 1. The van der Waals surface area contributed by atoms with Gasteiger partial charge in [-0.3, -0.25) is 9.67 Å². The number of aromatic nitrogens is 7. The zero-order valence-corrected chi connectivity index (χ0v) is 20.1. The molecule has 0 amide bonds. The second-order valence-electron chi connectivity index (χ2n) is 8.45. The van der Waals surface area contributed by atoms with Gasteiger partial charge in [0.15, 0.2) is 17.2 Å². The topological polar surface area (TPSA) is 116 Å². The number of nitrogens with zero attached hydrogens (tertiary/aromatic N) is 7. The molecule has 0 saturated carbocycles. The maximum absolute atomic E-state index is 15.5. The van der Waals surface area contributed by atoms with Crippen molar-refractivity contribution in [3.8, 4) is 22.8 Å². The van der Waals surface area contributed by atoms with Gasteiger partial charge in [-0.1, -0.05) is 0 Å². The average Bonchev–Trinajstić information content (AvgIpc) is 3.59. The van der Waals surface area contributed by atoms with Gasteiger partial charge in [-0.25, -0.2) is 19.3 Å². The lowest BCUT2D eigenvalue weighted by Crippen LogP contribution is -2.30. The molecule has 12 heteroatoms. The molecule has 1 fully saturated rings. The van der Waals surface area contributed by atoms with Crippen molar-refractivity contribution in [3.63, 3.8) is 0 Å². The van der Waals surface area contributed by atoms with Gasteiger partial charge in [0.05, 0.1) is 63.8 Å². The molecule has 11 nitrogen and oxygen atoms in total. The molecule has 37 heavy (non-hydrogen) atoms. The van der Waals surface area contributed by atoms with Crippen LogP contribution >= 0.6 is 0 Å². The lowest BCUT2D eigenvalue weighted by atomic mass is 10.2. The summed E-state index contributed by atoms with van der Waals surface area (Å²) in [6.45, 7) is 1.50. The zero-order valence-electron chi connectivity index (χ0n) is 20.1. The van der Waals surface area contributed by atoms with Crippen molar-refractivity contribution >= 4 is 22.7 Å². The molecule has 1 aromatic carbocycles. The maximum atomic E-state index is 15.5. The highest BCUT2D eigenvalue weighted by atomic mass is 19.1. The van der Waals surface area contributed by atoms with Crippen molar-refractivity contribution in [1.29, 1.82) is 0 Å². The summed E-state index contributed by atoms with van der Waals surface area (Å²) in [5.41, 5.74) is 2.69. The van der Waals surface area contributed by atoms with E-state index in [4.69, 9.17) is 24.2 Å². The van der Waals surface area contributed by atoms with E-state index in [1.165, 1.54) is 20.3 Å². The second-order valence-corrected chi connectivity index (χ2v) is 8.45. The van der Waals surface area contributed by atoms with Gasteiger partial charge in [0, 0.05) is 36.3 Å². The van der Waals surface area contributed by atoms with Gasteiger partial charge in [0.1, 0.15) is 22.9 Å². The van der Waals surface area contributed by atoms with E-state index in [-0.39, 0.29) is 24.0 Å². The Kier molecular flexibility index (Phi) is 5.85. The van der Waals surface area contributed by atoms with E-state index in [2.05, 4.69) is 20.1 Å². The van der Waals surface area contributed by atoms with Gasteiger partial charge in [-0.2, -0.15) is 5.10 Å². The minimum atomic E-state index is -0.552. The number of aromatic amines is 1. The maximum Gasteiger partial charge on any atom is 0.188 e. The summed E-state index contributed by atoms with van der Waals surface area (Å²) in [6.07, 6.45) is 8.71. The Morgan fingerprint density at radius 1 is 1.14 bits per heavy atom. The molecule has 1 saturated heterocycles. The fourth-order valence-corrected chi connectivity index (χ4v) is 4.07. The molecule has 188 valence electrons. The standard InChI is InChI=1S/C25H23FN8O3/c1-35-17-7-20(24(26)21(8-17)36-2)33(12-22-27-5-6-28-22)23-4-3-18-25(32-23)31-19(10-29-18)15-9-30-34(11-15)16-13-37-14-16/h3-11,16H,12-14H2,1-2H3,(H,27,28). The molecule has 0 bridgehead atoms. The molecule has 0 unspecified atom stereocenters. The highest BCUT2D eigenvalue weighted by molar-refractivity contribution is 5.77. The molecule has 0 radical (unpaired) electrons. The van der Waals surface area contributed by atoms with Crippen LogP contribution < -0.4 is 14.4 Å². The average molecular weight is 503 g/mol. The smallest absolute Gasteiger partial charge is 0.188 e. The first-order valence-corrected chi connectivity index (χ1v) is 11.6. The largest absolute Gasteiger partial charge is 0.497 e. The second kappa shape index (κ2) is 9.47. The third-order valence-electron chi connectivity index (χ3n) is 6.16. The van der Waals surface area contributed by atoms with Crippen LogP contribution in [-0.4, -0.2) is 62.1 Å². The van der Waals surface area contributed by atoms with Crippen LogP contribution in [0.2, 0.25) is 0 Å². The third-order valence-corrected chi connectivity index (χ3v) is 6.16. The summed E-state index contributed by atoms with van der Waals surface area (Å²) in [6, 6.07) is 6.88. The first-order chi connectivity index (χ1) is 18.1. The Morgan fingerprint density at radius 3 is 2.76 bits per heavy atom. The summed E-state index contributed by atoms with van der Waals surface area (Å²) in [5, 5.41) is 4.43. The van der Waals surface area contributed by atoms with E-state index in [0.717, 1.165) is 5.56 Å². The molecule has 5 heterocycles. The number of ether oxygens (including phenoxy) is 3. The van der Waals surface area contributed by atoms with Gasteiger partial charge in [0.25, 0.3) is 0 Å². The van der Waals surface area contributed by atoms with E-state index in [0.29, 0.717) is 47.5 Å². The molecule has 1 aliphatic heterocycles. The highest BCUT2D eigenvalue weighted by Crippen LogP contribution is 2.37. The first kappa shape index (κ1) is 22.9. The van der Waals surface area contributed by atoms with Crippen LogP contribution in [0.15, 0.2) is 55.2 Å². The van der Waals surface area contributed by atoms with Gasteiger partial charge in [0.2, 0.25) is 0 Å². The molecule has 5 aromatic rings. The number of pyridine rings is 1. The highest BCUT2D eigenvalue weighted by Gasteiger charge is 2.23. The fourth-order valence-electron chi connectivity index (χ4n) is 4.07. The Hall–Kier alpha value is -4.58. The van der Waals surface area contributed by atoms with Crippen LogP contribution in [0.1, 0.15) is 11.9 Å². The van der Waals surface area contributed by atoms with Crippen LogP contribution in [0.25, 0.3) is 22.4 Å². The molecule has 0 spiro atoms. The molecule has 4 aromatic heterocycles. The van der Waals surface area contributed by atoms with Crippen LogP contribution in [0.3, 0.4) is 0 Å². The molecule has 0 aliphatic carbocycles. The van der Waals surface area contributed by atoms with E-state index < -0.39 is 5.82 Å². The summed E-state index contributed by atoms with van der Waals surface area (Å²) in [4.78, 5) is 23.1. The Labute approximate surface area is 210 Å². The number of nitrogens with one attached hydrogen (secondary N) is 1. The Bertz CT molecular complexity index is 1550. The van der Waals surface area contributed by atoms with Crippen LogP contribution in [-0.2, 0) is 11.3 Å². The fraction of sp³-hybridized carbons (Fsp3) is 0.240. The first-order valence-electron chi connectivity index (χ1n) is 11.6. The molecule has 0 atom stereocenters. The predicted molar refractivity (Wildman–Crippen MR) is 132 cm³/mol. The SMILES string of the molecule is COc1cc(OC)c(F)c(N(Cc2ncc[nH]2)c2ccc3ncc(-c4cnn(C5COC5)c4)nc3n2)c1. The van der Waals surface area contributed by atoms with E-state index in [1.807, 2.05) is 10.9 Å². The number of hydrogen-bond acceptors (Lipinski definition) is 9. The van der Waals surface area contributed by atoms with Crippen molar-refractivity contribution < 1.29 is 18.6 Å². The van der Waals surface area contributed by atoms with Crippen LogP contribution in [0, 0.1) is 5.82 Å². The minimum Gasteiger partial charge on any atom is -0.497 e. The van der Waals surface area contributed by atoms with Gasteiger partial charge < -0.3 is 24.1 Å². The monoisotopic (exact) mass is 502 g/mol. The number of halogens is 1. The number of hydrogen-bond donors (Lipinski definition) is 1. The number of fused-ring (bicyclic) bond motifs is 1.